The van der Waals surface area contributed by atoms with Gasteiger partial charge in [0.15, 0.2) is 0 Å². The third-order valence-electron chi connectivity index (χ3n) is 8.23. The van der Waals surface area contributed by atoms with Gasteiger partial charge in [0.05, 0.1) is 16.7 Å². The van der Waals surface area contributed by atoms with E-state index in [0.29, 0.717) is 0 Å². The SMILES string of the molecule is CC1(C)c2cc3c4ccccc4n(-c4cccc5ccncc45)c3cc2-c2ccc3ccccc3c21. The van der Waals surface area contributed by atoms with Crippen molar-refractivity contribution in [2.75, 3.05) is 0 Å². The van der Waals surface area contributed by atoms with Crippen LogP contribution < -0.4 is 0 Å². The second-order valence-corrected chi connectivity index (χ2v) is 10.5. The van der Waals surface area contributed by atoms with Crippen molar-refractivity contribution in [2.24, 2.45) is 0 Å². The van der Waals surface area contributed by atoms with Crippen LogP contribution in [-0.2, 0) is 5.41 Å². The molecule has 2 heterocycles. The van der Waals surface area contributed by atoms with Crippen molar-refractivity contribution >= 4 is 43.4 Å². The van der Waals surface area contributed by atoms with Crippen LogP contribution in [0.4, 0.5) is 0 Å². The van der Waals surface area contributed by atoms with Crippen molar-refractivity contribution in [2.45, 2.75) is 19.3 Å². The van der Waals surface area contributed by atoms with Crippen LogP contribution in [0.1, 0.15) is 25.0 Å². The molecule has 0 fully saturated rings. The molecule has 0 saturated carbocycles. The molecule has 0 spiro atoms. The number of hydrogen-bond donors (Lipinski definition) is 0. The average molecular weight is 461 g/mol. The number of para-hydroxylation sites is 1. The Morgan fingerprint density at radius 2 is 1.39 bits per heavy atom. The molecule has 170 valence electrons. The van der Waals surface area contributed by atoms with Gasteiger partial charge in [0.1, 0.15) is 0 Å². The molecule has 2 aromatic heterocycles. The van der Waals surface area contributed by atoms with Gasteiger partial charge in [-0.2, -0.15) is 0 Å². The first-order valence-corrected chi connectivity index (χ1v) is 12.6. The maximum absolute atomic E-state index is 4.47. The zero-order valence-corrected chi connectivity index (χ0v) is 20.3. The molecule has 1 aliphatic rings. The summed E-state index contributed by atoms with van der Waals surface area (Å²) in [5, 5.41) is 7.61. The summed E-state index contributed by atoms with van der Waals surface area (Å²) in [5.41, 5.74) is 9.10. The summed E-state index contributed by atoms with van der Waals surface area (Å²) in [6.45, 7) is 4.76. The minimum absolute atomic E-state index is 0.0771. The van der Waals surface area contributed by atoms with E-state index in [1.165, 1.54) is 65.9 Å². The van der Waals surface area contributed by atoms with E-state index < -0.39 is 0 Å². The van der Waals surface area contributed by atoms with Crippen molar-refractivity contribution in [1.29, 1.82) is 0 Å². The van der Waals surface area contributed by atoms with E-state index in [2.05, 4.69) is 120 Å². The van der Waals surface area contributed by atoms with Crippen molar-refractivity contribution in [1.82, 2.24) is 9.55 Å². The Hall–Kier alpha value is -4.43. The lowest BCUT2D eigenvalue weighted by Gasteiger charge is -2.23. The number of pyridine rings is 1. The molecule has 0 bridgehead atoms. The average Bonchev–Trinajstić information content (AvgIpc) is 3.36. The van der Waals surface area contributed by atoms with Crippen LogP contribution in [0.3, 0.4) is 0 Å². The summed E-state index contributed by atoms with van der Waals surface area (Å²) < 4.78 is 2.43. The summed E-state index contributed by atoms with van der Waals surface area (Å²) in [4.78, 5) is 4.47. The molecule has 0 radical (unpaired) electrons. The number of benzene rings is 5. The van der Waals surface area contributed by atoms with Gasteiger partial charge >= 0.3 is 0 Å². The normalized spacial score (nSPS) is 14.1. The van der Waals surface area contributed by atoms with Crippen LogP contribution in [0.15, 0.2) is 109 Å². The van der Waals surface area contributed by atoms with E-state index in [-0.39, 0.29) is 5.41 Å². The van der Waals surface area contributed by atoms with Gasteiger partial charge in [0, 0.05) is 34.0 Å². The van der Waals surface area contributed by atoms with Gasteiger partial charge in [-0.15, -0.1) is 0 Å². The van der Waals surface area contributed by atoms with E-state index in [4.69, 9.17) is 0 Å². The molecule has 2 heteroatoms. The highest BCUT2D eigenvalue weighted by molar-refractivity contribution is 6.13. The molecule has 36 heavy (non-hydrogen) atoms. The van der Waals surface area contributed by atoms with Gasteiger partial charge in [-0.25, -0.2) is 0 Å². The van der Waals surface area contributed by atoms with Gasteiger partial charge in [-0.05, 0) is 68.7 Å². The zero-order valence-electron chi connectivity index (χ0n) is 20.3. The molecule has 8 rings (SSSR count). The van der Waals surface area contributed by atoms with E-state index >= 15 is 0 Å². The Balaban J connectivity index is 1.53. The lowest BCUT2D eigenvalue weighted by atomic mass is 9.80. The largest absolute Gasteiger partial charge is 0.309 e. The van der Waals surface area contributed by atoms with Gasteiger partial charge < -0.3 is 4.57 Å². The number of fused-ring (bicyclic) bond motifs is 9. The summed E-state index contributed by atoms with van der Waals surface area (Å²) >= 11 is 0. The molecule has 5 aromatic carbocycles. The molecule has 1 aliphatic carbocycles. The summed E-state index contributed by atoms with van der Waals surface area (Å²) in [6, 6.07) is 35.7. The Bertz CT molecular complexity index is 2020. The molecule has 0 aliphatic heterocycles. The van der Waals surface area contributed by atoms with E-state index in [9.17, 15) is 0 Å². The second-order valence-electron chi connectivity index (χ2n) is 10.5. The molecule has 0 saturated heterocycles. The lowest BCUT2D eigenvalue weighted by Crippen LogP contribution is -2.15. The molecule has 0 unspecified atom stereocenters. The topological polar surface area (TPSA) is 17.8 Å². The second kappa shape index (κ2) is 6.83. The summed E-state index contributed by atoms with van der Waals surface area (Å²) in [7, 11) is 0. The fraction of sp³-hybridized carbons (Fsp3) is 0.0882. The van der Waals surface area contributed by atoms with Crippen LogP contribution in [0.5, 0.6) is 0 Å². The molecule has 7 aromatic rings. The predicted octanol–water partition coefficient (Wildman–Crippen LogP) is 8.79. The molecular formula is C34H24N2. The van der Waals surface area contributed by atoms with Crippen molar-refractivity contribution < 1.29 is 0 Å². The first-order chi connectivity index (χ1) is 17.6. The third-order valence-corrected chi connectivity index (χ3v) is 8.23. The van der Waals surface area contributed by atoms with Gasteiger partial charge in [0.2, 0.25) is 0 Å². The minimum Gasteiger partial charge on any atom is -0.309 e. The highest BCUT2D eigenvalue weighted by atomic mass is 15.0. The molecule has 0 N–H and O–H groups in total. The Morgan fingerprint density at radius 3 is 2.31 bits per heavy atom. The van der Waals surface area contributed by atoms with E-state index in [1.54, 1.807) is 0 Å². The number of hydrogen-bond acceptors (Lipinski definition) is 1. The van der Waals surface area contributed by atoms with E-state index in [0.717, 1.165) is 5.39 Å². The first-order valence-electron chi connectivity index (χ1n) is 12.6. The maximum atomic E-state index is 4.47. The fourth-order valence-corrected chi connectivity index (χ4v) is 6.61. The summed E-state index contributed by atoms with van der Waals surface area (Å²) in [5.74, 6) is 0. The fourth-order valence-electron chi connectivity index (χ4n) is 6.61. The van der Waals surface area contributed by atoms with Crippen LogP contribution in [0.2, 0.25) is 0 Å². The highest BCUT2D eigenvalue weighted by Gasteiger charge is 2.37. The number of rotatable bonds is 1. The summed E-state index contributed by atoms with van der Waals surface area (Å²) in [6.07, 6.45) is 3.86. The minimum atomic E-state index is -0.0771. The smallest absolute Gasteiger partial charge is 0.0556 e. The van der Waals surface area contributed by atoms with Gasteiger partial charge in [0.25, 0.3) is 0 Å². The number of aromatic nitrogens is 2. The Morgan fingerprint density at radius 1 is 0.611 bits per heavy atom. The Kier molecular flexibility index (Phi) is 3.76. The zero-order chi connectivity index (χ0) is 24.0. The quantitative estimate of drug-likeness (QED) is 0.239. The lowest BCUT2D eigenvalue weighted by molar-refractivity contribution is 0.667. The standard InChI is InChI=1S/C34H24N2/c1-34(2)29-18-27-24-11-5-6-12-30(24)36(31-13-7-9-22-16-17-35-20-28(22)31)32(27)19-26(29)25-15-14-21-8-3-4-10-23(21)33(25)34/h3-20H,1-2H3. The van der Waals surface area contributed by atoms with Gasteiger partial charge in [-0.1, -0.05) is 80.6 Å². The van der Waals surface area contributed by atoms with Crippen LogP contribution in [-0.4, -0.2) is 9.55 Å². The molecule has 0 atom stereocenters. The van der Waals surface area contributed by atoms with Crippen LogP contribution in [0.25, 0.3) is 60.2 Å². The van der Waals surface area contributed by atoms with Crippen molar-refractivity contribution in [3.8, 4) is 16.8 Å². The van der Waals surface area contributed by atoms with Crippen molar-refractivity contribution in [3.63, 3.8) is 0 Å². The van der Waals surface area contributed by atoms with E-state index in [1.807, 2.05) is 12.4 Å². The van der Waals surface area contributed by atoms with Crippen LogP contribution >= 0.6 is 0 Å². The first kappa shape index (κ1) is 19.8. The van der Waals surface area contributed by atoms with Crippen molar-refractivity contribution in [3.05, 3.63) is 121 Å². The monoisotopic (exact) mass is 460 g/mol. The molecule has 0 amide bonds. The highest BCUT2D eigenvalue weighted by Crippen LogP contribution is 2.53. The van der Waals surface area contributed by atoms with Gasteiger partial charge in [-0.3, -0.25) is 4.98 Å². The maximum Gasteiger partial charge on any atom is 0.0556 e. The predicted molar refractivity (Wildman–Crippen MR) is 151 cm³/mol. The molecular weight excluding hydrogens is 436 g/mol. The Labute approximate surface area is 209 Å². The number of nitrogens with zero attached hydrogens (tertiary/aromatic N) is 2. The molecule has 2 nitrogen and oxygen atoms in total. The third kappa shape index (κ3) is 2.43. The van der Waals surface area contributed by atoms with Crippen LogP contribution in [0, 0.1) is 0 Å².